The van der Waals surface area contributed by atoms with Gasteiger partial charge in [-0.2, -0.15) is 0 Å². The van der Waals surface area contributed by atoms with Gasteiger partial charge in [-0.1, -0.05) is 45.0 Å². The number of hydrogen-bond acceptors (Lipinski definition) is 4. The van der Waals surface area contributed by atoms with Crippen molar-refractivity contribution in [2.75, 3.05) is 10.2 Å². The smallest absolute Gasteiger partial charge is 0.135 e. The molecule has 1 aliphatic rings. The number of anilines is 2. The lowest BCUT2D eigenvalue weighted by atomic mass is 9.95. The van der Waals surface area contributed by atoms with Crippen LogP contribution in [-0.4, -0.2) is 22.1 Å². The zero-order chi connectivity index (χ0) is 18.0. The molecule has 3 rings (SSSR count). The van der Waals surface area contributed by atoms with Crippen molar-refractivity contribution in [3.8, 4) is 0 Å². The van der Waals surface area contributed by atoms with Crippen molar-refractivity contribution in [2.24, 2.45) is 0 Å². The average Bonchev–Trinajstić information content (AvgIpc) is 2.60. The molecule has 2 atom stereocenters. The predicted octanol–water partition coefficient (Wildman–Crippen LogP) is 4.76. The van der Waals surface area contributed by atoms with E-state index in [4.69, 9.17) is 9.97 Å². The first-order chi connectivity index (χ1) is 12.0. The van der Waals surface area contributed by atoms with Crippen molar-refractivity contribution in [3.63, 3.8) is 0 Å². The van der Waals surface area contributed by atoms with E-state index in [0.29, 0.717) is 18.0 Å². The highest BCUT2D eigenvalue weighted by Crippen LogP contribution is 2.29. The molecule has 0 aliphatic carbocycles. The van der Waals surface area contributed by atoms with E-state index in [0.717, 1.165) is 36.8 Å². The molecule has 1 aromatic carbocycles. The van der Waals surface area contributed by atoms with E-state index in [-0.39, 0.29) is 0 Å². The molecule has 0 spiro atoms. The third-order valence-electron chi connectivity index (χ3n) is 5.05. The molecule has 0 fully saturated rings. The van der Waals surface area contributed by atoms with Gasteiger partial charge in [0.2, 0.25) is 0 Å². The van der Waals surface area contributed by atoms with Gasteiger partial charge < -0.3 is 10.2 Å². The first-order valence-corrected chi connectivity index (χ1v) is 9.46. The molecule has 0 unspecified atom stereocenters. The molecule has 2 aromatic rings. The standard InChI is InChI=1S/C21H30N4/c1-6-15(4)22-19-12-20(24-21(23-19)14(2)3)25-13-18-10-8-7-9-17(18)11-16(25)5/h7-10,12,14-16H,6,11,13H2,1-5H3,(H,22,23,24)/t15-,16+/m1/s1. The van der Waals surface area contributed by atoms with Gasteiger partial charge in [0.25, 0.3) is 0 Å². The van der Waals surface area contributed by atoms with Gasteiger partial charge in [-0.25, -0.2) is 9.97 Å². The molecule has 4 heteroatoms. The van der Waals surface area contributed by atoms with Crippen molar-refractivity contribution in [1.29, 1.82) is 0 Å². The first kappa shape index (κ1) is 17.7. The average molecular weight is 338 g/mol. The van der Waals surface area contributed by atoms with Crippen LogP contribution in [-0.2, 0) is 13.0 Å². The summed E-state index contributed by atoms with van der Waals surface area (Å²) >= 11 is 0. The Balaban J connectivity index is 1.95. The number of rotatable bonds is 5. The topological polar surface area (TPSA) is 41.0 Å². The van der Waals surface area contributed by atoms with Crippen LogP contribution in [0.4, 0.5) is 11.6 Å². The quantitative estimate of drug-likeness (QED) is 0.853. The molecule has 0 amide bonds. The number of hydrogen-bond donors (Lipinski definition) is 1. The van der Waals surface area contributed by atoms with Gasteiger partial charge >= 0.3 is 0 Å². The highest BCUT2D eigenvalue weighted by Gasteiger charge is 2.25. The van der Waals surface area contributed by atoms with Gasteiger partial charge in [0.05, 0.1) is 0 Å². The van der Waals surface area contributed by atoms with E-state index >= 15 is 0 Å². The fourth-order valence-electron chi connectivity index (χ4n) is 3.27. The lowest BCUT2D eigenvalue weighted by Gasteiger charge is -2.36. The van der Waals surface area contributed by atoms with E-state index < -0.39 is 0 Å². The molecule has 1 aliphatic heterocycles. The van der Waals surface area contributed by atoms with Gasteiger partial charge in [0.15, 0.2) is 0 Å². The monoisotopic (exact) mass is 338 g/mol. The molecule has 1 N–H and O–H groups in total. The number of aromatic nitrogens is 2. The largest absolute Gasteiger partial charge is 0.367 e. The van der Waals surface area contributed by atoms with Crippen molar-refractivity contribution >= 4 is 11.6 Å². The van der Waals surface area contributed by atoms with E-state index in [1.807, 2.05) is 0 Å². The Morgan fingerprint density at radius 2 is 1.88 bits per heavy atom. The third kappa shape index (κ3) is 3.94. The fraction of sp³-hybridized carbons (Fsp3) is 0.524. The minimum absolute atomic E-state index is 0.310. The summed E-state index contributed by atoms with van der Waals surface area (Å²) in [6, 6.07) is 11.7. The molecule has 0 saturated carbocycles. The number of nitrogens with one attached hydrogen (secondary N) is 1. The molecule has 0 radical (unpaired) electrons. The molecular weight excluding hydrogens is 308 g/mol. The van der Waals surface area contributed by atoms with Gasteiger partial charge in [-0.05, 0) is 37.8 Å². The van der Waals surface area contributed by atoms with Crippen molar-refractivity contribution in [1.82, 2.24) is 9.97 Å². The Morgan fingerprint density at radius 3 is 2.56 bits per heavy atom. The first-order valence-electron chi connectivity index (χ1n) is 9.46. The van der Waals surface area contributed by atoms with E-state index in [9.17, 15) is 0 Å². The second-order valence-electron chi connectivity index (χ2n) is 7.53. The second-order valence-corrected chi connectivity index (χ2v) is 7.53. The van der Waals surface area contributed by atoms with Gasteiger partial charge in [0.1, 0.15) is 17.5 Å². The SMILES string of the molecule is CC[C@@H](C)Nc1cc(N2Cc3ccccc3C[C@@H]2C)nc(C(C)C)n1. The van der Waals surface area contributed by atoms with Crippen LogP contribution in [0, 0.1) is 0 Å². The van der Waals surface area contributed by atoms with Crippen LogP contribution in [0.1, 0.15) is 63.9 Å². The van der Waals surface area contributed by atoms with Gasteiger partial charge in [0, 0.05) is 30.6 Å². The van der Waals surface area contributed by atoms with Crippen LogP contribution in [0.5, 0.6) is 0 Å². The maximum absolute atomic E-state index is 4.89. The zero-order valence-electron chi connectivity index (χ0n) is 16.1. The lowest BCUT2D eigenvalue weighted by Crippen LogP contribution is -2.39. The van der Waals surface area contributed by atoms with E-state index in [1.54, 1.807) is 0 Å². The maximum Gasteiger partial charge on any atom is 0.135 e. The second kappa shape index (κ2) is 7.42. The van der Waals surface area contributed by atoms with E-state index in [1.165, 1.54) is 11.1 Å². The predicted molar refractivity (Wildman–Crippen MR) is 105 cm³/mol. The Kier molecular flexibility index (Phi) is 5.26. The highest BCUT2D eigenvalue weighted by molar-refractivity contribution is 5.53. The summed E-state index contributed by atoms with van der Waals surface area (Å²) in [7, 11) is 0. The summed E-state index contributed by atoms with van der Waals surface area (Å²) < 4.78 is 0. The molecule has 4 nitrogen and oxygen atoms in total. The summed E-state index contributed by atoms with van der Waals surface area (Å²) in [4.78, 5) is 12.0. The normalized spacial score (nSPS) is 18.2. The van der Waals surface area contributed by atoms with Gasteiger partial charge in [-0.3, -0.25) is 0 Å². The minimum atomic E-state index is 0.310. The fourth-order valence-corrected chi connectivity index (χ4v) is 3.27. The maximum atomic E-state index is 4.89. The molecular formula is C21H30N4. The molecule has 0 saturated heterocycles. The van der Waals surface area contributed by atoms with Crippen LogP contribution in [0.2, 0.25) is 0 Å². The Labute approximate surface area is 151 Å². The Hall–Kier alpha value is -2.10. The minimum Gasteiger partial charge on any atom is -0.367 e. The van der Waals surface area contributed by atoms with Crippen LogP contribution < -0.4 is 10.2 Å². The highest BCUT2D eigenvalue weighted by atomic mass is 15.2. The van der Waals surface area contributed by atoms with Crippen molar-refractivity contribution < 1.29 is 0 Å². The van der Waals surface area contributed by atoms with Crippen LogP contribution in [0.25, 0.3) is 0 Å². The summed E-state index contributed by atoms with van der Waals surface area (Å²) in [5.41, 5.74) is 2.86. The summed E-state index contributed by atoms with van der Waals surface area (Å²) in [5.74, 6) is 3.19. The zero-order valence-corrected chi connectivity index (χ0v) is 16.1. The Bertz CT molecular complexity index is 726. The van der Waals surface area contributed by atoms with Crippen molar-refractivity contribution in [3.05, 3.63) is 47.3 Å². The lowest BCUT2D eigenvalue weighted by molar-refractivity contribution is 0.583. The van der Waals surface area contributed by atoms with Crippen LogP contribution >= 0.6 is 0 Å². The van der Waals surface area contributed by atoms with Crippen LogP contribution in [0.3, 0.4) is 0 Å². The summed E-state index contributed by atoms with van der Waals surface area (Å²) in [5, 5.41) is 3.52. The van der Waals surface area contributed by atoms with E-state index in [2.05, 4.69) is 75.2 Å². The summed E-state index contributed by atoms with van der Waals surface area (Å²) in [6.07, 6.45) is 2.13. The molecule has 0 bridgehead atoms. The Morgan fingerprint density at radius 1 is 1.16 bits per heavy atom. The number of fused-ring (bicyclic) bond motifs is 1. The summed E-state index contributed by atoms with van der Waals surface area (Å²) in [6.45, 7) is 11.9. The molecule has 134 valence electrons. The molecule has 1 aromatic heterocycles. The number of benzene rings is 1. The molecule has 2 heterocycles. The molecule has 25 heavy (non-hydrogen) atoms. The van der Waals surface area contributed by atoms with Gasteiger partial charge in [-0.15, -0.1) is 0 Å². The third-order valence-corrected chi connectivity index (χ3v) is 5.05. The van der Waals surface area contributed by atoms with Crippen LogP contribution in [0.15, 0.2) is 30.3 Å². The van der Waals surface area contributed by atoms with Crippen molar-refractivity contribution in [2.45, 2.75) is 72.0 Å². The number of nitrogens with zero attached hydrogens (tertiary/aromatic N) is 3.